The third kappa shape index (κ3) is 34.6. The summed E-state index contributed by atoms with van der Waals surface area (Å²) in [4.78, 5) is 45.8. The van der Waals surface area contributed by atoms with Gasteiger partial charge in [0.25, 0.3) is 0 Å². The topological polar surface area (TPSA) is 192 Å². The first-order valence-electron chi connectivity index (χ1n) is 19.4. The van der Waals surface area contributed by atoms with Gasteiger partial charge in [-0.25, -0.2) is 4.57 Å². The molecule has 12 nitrogen and oxygen atoms in total. The van der Waals surface area contributed by atoms with Gasteiger partial charge in [-0.05, 0) is 44.9 Å². The molecule has 0 saturated carbocycles. The van der Waals surface area contributed by atoms with E-state index in [9.17, 15) is 28.9 Å². The van der Waals surface area contributed by atoms with E-state index in [1.54, 1.807) is 12.2 Å². The summed E-state index contributed by atoms with van der Waals surface area (Å²) in [7, 11) is -4.76. The second-order valence-electron chi connectivity index (χ2n) is 12.9. The number of aliphatic carboxylic acids is 1. The van der Waals surface area contributed by atoms with Crippen LogP contribution in [0.1, 0.15) is 136 Å². The van der Waals surface area contributed by atoms with Crippen LogP contribution in [-0.4, -0.2) is 71.1 Å². The molecule has 0 aromatic heterocycles. The van der Waals surface area contributed by atoms with Crippen LogP contribution in [0, 0.1) is 0 Å². The number of unbranched alkanes of at least 4 members (excludes halogenated alkanes) is 10. The molecule has 0 aromatic carbocycles. The lowest BCUT2D eigenvalue weighted by atomic mass is 10.1. The van der Waals surface area contributed by atoms with Crippen LogP contribution >= 0.6 is 7.82 Å². The Morgan fingerprint density at radius 3 is 1.79 bits per heavy atom. The van der Waals surface area contributed by atoms with E-state index in [1.165, 1.54) is 44.9 Å². The third-order valence-corrected chi connectivity index (χ3v) is 8.83. The number of aliphatic hydroxyl groups excluding tert-OH is 1. The van der Waals surface area contributed by atoms with E-state index in [0.29, 0.717) is 19.3 Å². The molecule has 0 amide bonds. The Hall–Kier alpha value is -2.86. The highest BCUT2D eigenvalue weighted by atomic mass is 31.2. The maximum atomic E-state index is 12.5. The van der Waals surface area contributed by atoms with Crippen LogP contribution in [0.2, 0.25) is 0 Å². The Bertz CT molecular complexity index is 1150. The second kappa shape index (κ2) is 34.9. The van der Waals surface area contributed by atoms with Gasteiger partial charge in [0.05, 0.1) is 19.3 Å². The summed E-state index contributed by atoms with van der Waals surface area (Å²) in [6, 6.07) is -1.55. The number of phosphoric ester groups is 1. The highest BCUT2D eigenvalue weighted by Gasteiger charge is 2.28. The van der Waals surface area contributed by atoms with Gasteiger partial charge in [-0.15, -0.1) is 0 Å². The SMILES string of the molecule is CC/C=C\C/C=C\C/C=C\C/C=C\C=C\C(O)CCCC(=O)OC[C@H](COP(=O)(O)OC[C@H](N)C(=O)O)OC(=O)CCCCCCCCCCCCC. The van der Waals surface area contributed by atoms with Gasteiger partial charge < -0.3 is 30.3 Å². The summed E-state index contributed by atoms with van der Waals surface area (Å²) in [6.07, 6.45) is 34.7. The first-order chi connectivity index (χ1) is 25.5. The molecule has 4 atom stereocenters. The molecular weight excluding hydrogens is 701 g/mol. The number of carbonyl (C=O) groups is 3. The predicted molar refractivity (Wildman–Crippen MR) is 209 cm³/mol. The fourth-order valence-corrected chi connectivity index (χ4v) is 5.58. The van der Waals surface area contributed by atoms with Crippen LogP contribution in [0.3, 0.4) is 0 Å². The minimum atomic E-state index is -4.76. The molecule has 53 heavy (non-hydrogen) atoms. The van der Waals surface area contributed by atoms with E-state index in [2.05, 4.69) is 54.8 Å². The van der Waals surface area contributed by atoms with Gasteiger partial charge in [-0.3, -0.25) is 23.4 Å². The molecule has 13 heteroatoms. The molecule has 0 bridgehead atoms. The number of nitrogens with two attached hydrogens (primary N) is 1. The fourth-order valence-electron chi connectivity index (χ4n) is 4.80. The molecule has 304 valence electrons. The van der Waals surface area contributed by atoms with Gasteiger partial charge in [-0.1, -0.05) is 139 Å². The summed E-state index contributed by atoms with van der Waals surface area (Å²) in [5.41, 5.74) is 5.30. The van der Waals surface area contributed by atoms with Crippen LogP contribution in [0.15, 0.2) is 60.8 Å². The number of rotatable bonds is 35. The molecule has 2 unspecified atom stereocenters. The van der Waals surface area contributed by atoms with Crippen molar-refractivity contribution in [3.05, 3.63) is 60.8 Å². The standard InChI is InChI=1S/C40H68NO11P/c1-3-5-7-9-11-13-15-16-18-19-21-23-25-28-35(42)29-27-31-38(43)49-32-36(33-50-53(47,48)51-34-37(41)40(45)46)52-39(44)30-26-24-22-20-17-14-12-10-8-6-4-2/h5,7,11,13,16,18,21,23,25,28,35-37,42H,3-4,6,8-10,12,14-15,17,19-20,22,24,26-27,29-34,41H2,1-2H3,(H,45,46)(H,47,48)/b7-5-,13-11-,18-16-,23-21-,28-25+/t35?,36-,37+/m1/s1. The molecule has 0 saturated heterocycles. The zero-order chi connectivity index (χ0) is 39.4. The third-order valence-electron chi connectivity index (χ3n) is 7.88. The number of aliphatic hydroxyl groups is 1. The first-order valence-corrected chi connectivity index (χ1v) is 20.9. The molecule has 0 aliphatic carbocycles. The quantitative estimate of drug-likeness (QED) is 0.0158. The summed E-state index contributed by atoms with van der Waals surface area (Å²) in [5, 5.41) is 19.1. The van der Waals surface area contributed by atoms with Crippen molar-refractivity contribution >= 4 is 25.7 Å². The number of allylic oxidation sites excluding steroid dienone is 9. The monoisotopic (exact) mass is 769 g/mol. The average molecular weight is 770 g/mol. The molecule has 0 aliphatic heterocycles. The van der Waals surface area contributed by atoms with E-state index in [0.717, 1.165) is 44.9 Å². The van der Waals surface area contributed by atoms with Crippen molar-refractivity contribution < 1.29 is 52.6 Å². The molecule has 0 rings (SSSR count). The fraction of sp³-hybridized carbons (Fsp3) is 0.675. The van der Waals surface area contributed by atoms with E-state index >= 15 is 0 Å². The van der Waals surface area contributed by atoms with E-state index < -0.39 is 63.8 Å². The van der Waals surface area contributed by atoms with Crippen molar-refractivity contribution in [2.45, 2.75) is 154 Å². The number of hydrogen-bond donors (Lipinski definition) is 4. The molecule has 0 aliphatic rings. The highest BCUT2D eigenvalue weighted by molar-refractivity contribution is 7.47. The van der Waals surface area contributed by atoms with Gasteiger partial charge in [0, 0.05) is 12.8 Å². The maximum absolute atomic E-state index is 12.5. The van der Waals surface area contributed by atoms with E-state index in [4.69, 9.17) is 24.8 Å². The molecule has 0 radical (unpaired) electrons. The van der Waals surface area contributed by atoms with Crippen molar-refractivity contribution in [1.29, 1.82) is 0 Å². The summed E-state index contributed by atoms with van der Waals surface area (Å²) in [6.45, 7) is 2.45. The number of carbonyl (C=O) groups excluding carboxylic acids is 2. The Morgan fingerprint density at radius 2 is 1.21 bits per heavy atom. The minimum absolute atomic E-state index is 0.0101. The van der Waals surface area contributed by atoms with Crippen LogP contribution in [0.5, 0.6) is 0 Å². The Balaban J connectivity index is 4.63. The van der Waals surface area contributed by atoms with Gasteiger partial charge >= 0.3 is 25.7 Å². The summed E-state index contributed by atoms with van der Waals surface area (Å²) >= 11 is 0. The molecule has 0 spiro atoms. The van der Waals surface area contributed by atoms with Crippen molar-refractivity contribution in [2.75, 3.05) is 19.8 Å². The highest BCUT2D eigenvalue weighted by Crippen LogP contribution is 2.43. The predicted octanol–water partition coefficient (Wildman–Crippen LogP) is 8.58. The zero-order valence-corrected chi connectivity index (χ0v) is 33.1. The molecule has 5 N–H and O–H groups in total. The number of carboxylic acid groups (broad SMARTS) is 1. The number of esters is 2. The van der Waals surface area contributed by atoms with Crippen molar-refractivity contribution in [2.24, 2.45) is 5.73 Å². The minimum Gasteiger partial charge on any atom is -0.480 e. The lowest BCUT2D eigenvalue weighted by Gasteiger charge is -2.20. The Labute approximate surface area is 318 Å². The largest absolute Gasteiger partial charge is 0.480 e. The lowest BCUT2D eigenvalue weighted by Crippen LogP contribution is -2.34. The molecule has 0 fully saturated rings. The second-order valence-corrected chi connectivity index (χ2v) is 14.3. The number of carboxylic acids is 1. The Kier molecular flexibility index (Phi) is 33.0. The van der Waals surface area contributed by atoms with Gasteiger partial charge in [0.15, 0.2) is 6.10 Å². The normalized spacial score (nSPS) is 15.1. The smallest absolute Gasteiger partial charge is 0.472 e. The van der Waals surface area contributed by atoms with Crippen molar-refractivity contribution in [3.63, 3.8) is 0 Å². The number of ether oxygens (including phenoxy) is 2. The van der Waals surface area contributed by atoms with E-state index in [1.807, 2.05) is 12.2 Å². The lowest BCUT2D eigenvalue weighted by molar-refractivity contribution is -0.161. The average Bonchev–Trinajstić information content (AvgIpc) is 3.12. The van der Waals surface area contributed by atoms with Gasteiger partial charge in [0.1, 0.15) is 12.6 Å². The maximum Gasteiger partial charge on any atom is 0.472 e. The van der Waals surface area contributed by atoms with Crippen LogP contribution in [0.25, 0.3) is 0 Å². The van der Waals surface area contributed by atoms with Gasteiger partial charge in [-0.2, -0.15) is 0 Å². The van der Waals surface area contributed by atoms with Crippen LogP contribution < -0.4 is 5.73 Å². The Morgan fingerprint density at radius 1 is 0.679 bits per heavy atom. The molecular formula is C40H68NO11P. The molecule has 0 heterocycles. The van der Waals surface area contributed by atoms with Crippen molar-refractivity contribution in [1.82, 2.24) is 0 Å². The number of phosphoric acid groups is 1. The summed E-state index contributed by atoms with van der Waals surface area (Å²) < 4.78 is 32.4. The zero-order valence-electron chi connectivity index (χ0n) is 32.2. The summed E-state index contributed by atoms with van der Waals surface area (Å²) in [5.74, 6) is -2.61. The first kappa shape index (κ1) is 50.1. The van der Waals surface area contributed by atoms with Crippen LogP contribution in [0.4, 0.5) is 0 Å². The van der Waals surface area contributed by atoms with Crippen LogP contribution in [-0.2, 0) is 37.5 Å². The molecule has 0 aromatic rings. The van der Waals surface area contributed by atoms with Crippen molar-refractivity contribution in [3.8, 4) is 0 Å². The van der Waals surface area contributed by atoms with Gasteiger partial charge in [0.2, 0.25) is 0 Å². The number of hydrogen-bond acceptors (Lipinski definition) is 10. The van der Waals surface area contributed by atoms with E-state index in [-0.39, 0.29) is 12.8 Å².